The van der Waals surface area contributed by atoms with Gasteiger partial charge in [-0.25, -0.2) is 13.6 Å². The number of anilines is 1. The Morgan fingerprint density at radius 3 is 2.61 bits per heavy atom. The lowest BCUT2D eigenvalue weighted by molar-refractivity contribution is -0.385. The van der Waals surface area contributed by atoms with Crippen molar-refractivity contribution < 1.29 is 18.1 Å². The van der Waals surface area contributed by atoms with Crippen LogP contribution in [-0.4, -0.2) is 26.5 Å². The summed E-state index contributed by atoms with van der Waals surface area (Å²) in [5, 5.41) is 19.4. The van der Waals surface area contributed by atoms with Gasteiger partial charge in [-0.15, -0.1) is 0 Å². The van der Waals surface area contributed by atoms with Gasteiger partial charge in [-0.3, -0.25) is 10.1 Å². The Hall–Kier alpha value is -2.49. The summed E-state index contributed by atoms with van der Waals surface area (Å²) < 4.78 is 29.3. The van der Waals surface area contributed by atoms with Gasteiger partial charge < -0.3 is 10.1 Å². The third kappa shape index (κ3) is 4.86. The Labute approximate surface area is 163 Å². The maximum Gasteiger partial charge on any atom is 0.272 e. The van der Waals surface area contributed by atoms with Crippen LogP contribution < -0.4 is 10.5 Å². The van der Waals surface area contributed by atoms with Crippen molar-refractivity contribution in [2.45, 2.75) is 30.8 Å². The molecule has 8 nitrogen and oxygen atoms in total. The molecule has 0 spiro atoms. The highest BCUT2D eigenvalue weighted by Crippen LogP contribution is 2.34. The van der Waals surface area contributed by atoms with E-state index in [1.54, 1.807) is 0 Å². The number of benzene rings is 2. The van der Waals surface area contributed by atoms with Gasteiger partial charge in [0.2, 0.25) is 10.0 Å². The summed E-state index contributed by atoms with van der Waals surface area (Å²) in [4.78, 5) is 10.2. The second kappa shape index (κ2) is 8.26. The number of hydrogen-bond acceptors (Lipinski definition) is 6. The molecule has 0 amide bonds. The van der Waals surface area contributed by atoms with Crippen LogP contribution in [0.2, 0.25) is 0 Å². The van der Waals surface area contributed by atoms with Gasteiger partial charge in [-0.2, -0.15) is 0 Å². The molecule has 1 aliphatic heterocycles. The number of non-ortho nitro benzene ring substituents is 1. The van der Waals surface area contributed by atoms with Gasteiger partial charge in [0.1, 0.15) is 0 Å². The third-order valence-electron chi connectivity index (χ3n) is 4.85. The minimum Gasteiger partial charge on any atom is -0.384 e. The SMILES string of the molecule is Cc1ccc(C2OCCCC2CNc2cc([N+](=O)[O-])cc(S(N)(=O)=O)c2)cc1. The van der Waals surface area contributed by atoms with E-state index in [9.17, 15) is 18.5 Å². The van der Waals surface area contributed by atoms with E-state index in [2.05, 4.69) is 5.32 Å². The summed E-state index contributed by atoms with van der Waals surface area (Å²) >= 11 is 0. The van der Waals surface area contributed by atoms with Gasteiger partial charge >= 0.3 is 0 Å². The van der Waals surface area contributed by atoms with E-state index in [4.69, 9.17) is 9.88 Å². The van der Waals surface area contributed by atoms with Gasteiger partial charge in [0.25, 0.3) is 5.69 Å². The van der Waals surface area contributed by atoms with Crippen LogP contribution in [0.5, 0.6) is 0 Å². The first-order valence-electron chi connectivity index (χ1n) is 8.98. The van der Waals surface area contributed by atoms with Crippen molar-refractivity contribution in [3.8, 4) is 0 Å². The molecule has 2 aromatic rings. The standard InChI is InChI=1S/C19H23N3O5S/c1-13-4-6-14(7-5-13)19-15(3-2-8-27-19)12-21-16-9-17(22(23)24)11-18(10-16)28(20,25)26/h4-7,9-11,15,19,21H,2-3,8,12H2,1H3,(H2,20,25,26). The number of nitro benzene ring substituents is 1. The number of nitro groups is 1. The largest absolute Gasteiger partial charge is 0.384 e. The van der Waals surface area contributed by atoms with E-state index < -0.39 is 14.9 Å². The van der Waals surface area contributed by atoms with Crippen molar-refractivity contribution in [3.63, 3.8) is 0 Å². The summed E-state index contributed by atoms with van der Waals surface area (Å²) in [6.45, 7) is 3.20. The van der Waals surface area contributed by atoms with Crippen LogP contribution in [0.15, 0.2) is 47.4 Å². The van der Waals surface area contributed by atoms with Crippen LogP contribution >= 0.6 is 0 Å². The number of ether oxygens (including phenoxy) is 1. The highest BCUT2D eigenvalue weighted by Gasteiger charge is 2.27. The molecule has 2 aromatic carbocycles. The first kappa shape index (κ1) is 20.2. The maximum atomic E-state index is 11.6. The molecule has 0 bridgehead atoms. The number of hydrogen-bond donors (Lipinski definition) is 2. The van der Waals surface area contributed by atoms with Crippen LogP contribution in [0.4, 0.5) is 11.4 Å². The molecule has 9 heteroatoms. The van der Waals surface area contributed by atoms with Gasteiger partial charge in [-0.1, -0.05) is 29.8 Å². The summed E-state index contributed by atoms with van der Waals surface area (Å²) in [7, 11) is -4.05. The number of rotatable bonds is 6. The lowest BCUT2D eigenvalue weighted by Gasteiger charge is -2.32. The number of nitrogens with one attached hydrogen (secondary N) is 1. The summed E-state index contributed by atoms with van der Waals surface area (Å²) in [5.41, 5.74) is 2.26. The fourth-order valence-corrected chi connectivity index (χ4v) is 3.96. The first-order valence-corrected chi connectivity index (χ1v) is 10.5. The van der Waals surface area contributed by atoms with E-state index in [1.807, 2.05) is 31.2 Å². The van der Waals surface area contributed by atoms with Crippen LogP contribution in [0, 0.1) is 23.0 Å². The predicted molar refractivity (Wildman–Crippen MR) is 106 cm³/mol. The number of primary sulfonamides is 1. The second-order valence-corrected chi connectivity index (χ2v) is 8.56. The fraction of sp³-hybridized carbons (Fsp3) is 0.368. The number of aryl methyl sites for hydroxylation is 1. The predicted octanol–water partition coefficient (Wildman–Crippen LogP) is 3.13. The molecule has 2 atom stereocenters. The fourth-order valence-electron chi connectivity index (χ4n) is 3.38. The van der Waals surface area contributed by atoms with Crippen LogP contribution in [-0.2, 0) is 14.8 Å². The third-order valence-corrected chi connectivity index (χ3v) is 5.74. The molecular formula is C19H23N3O5S. The monoisotopic (exact) mass is 405 g/mol. The minimum absolute atomic E-state index is 0.0849. The average molecular weight is 405 g/mol. The Kier molecular flexibility index (Phi) is 5.97. The number of nitrogens with two attached hydrogens (primary N) is 1. The Morgan fingerprint density at radius 1 is 1.25 bits per heavy atom. The van der Waals surface area contributed by atoms with E-state index in [-0.39, 0.29) is 22.6 Å². The van der Waals surface area contributed by atoms with Crippen molar-refractivity contribution in [2.24, 2.45) is 11.1 Å². The zero-order valence-corrected chi connectivity index (χ0v) is 16.3. The Morgan fingerprint density at radius 2 is 1.96 bits per heavy atom. The molecule has 2 unspecified atom stereocenters. The van der Waals surface area contributed by atoms with Crippen molar-refractivity contribution in [3.05, 3.63) is 63.7 Å². The molecule has 28 heavy (non-hydrogen) atoms. The normalized spacial score (nSPS) is 19.9. The minimum atomic E-state index is -4.05. The number of sulfonamides is 1. The highest BCUT2D eigenvalue weighted by atomic mass is 32.2. The van der Waals surface area contributed by atoms with Crippen molar-refractivity contribution in [2.75, 3.05) is 18.5 Å². The molecule has 0 aromatic heterocycles. The molecule has 150 valence electrons. The van der Waals surface area contributed by atoms with Gasteiger partial charge in [0.05, 0.1) is 15.9 Å². The molecule has 3 rings (SSSR count). The molecule has 1 fully saturated rings. The maximum absolute atomic E-state index is 11.6. The lowest BCUT2D eigenvalue weighted by Crippen LogP contribution is -2.28. The molecule has 0 radical (unpaired) electrons. The van der Waals surface area contributed by atoms with E-state index >= 15 is 0 Å². The van der Waals surface area contributed by atoms with E-state index in [1.165, 1.54) is 17.7 Å². The lowest BCUT2D eigenvalue weighted by atomic mass is 9.89. The topological polar surface area (TPSA) is 125 Å². The van der Waals surface area contributed by atoms with Crippen LogP contribution in [0.1, 0.15) is 30.1 Å². The highest BCUT2D eigenvalue weighted by molar-refractivity contribution is 7.89. The molecule has 0 saturated carbocycles. The van der Waals surface area contributed by atoms with Gasteiger partial charge in [0.15, 0.2) is 0 Å². The summed E-state index contributed by atoms with van der Waals surface area (Å²) in [6, 6.07) is 11.7. The van der Waals surface area contributed by atoms with Gasteiger partial charge in [-0.05, 0) is 31.4 Å². The zero-order valence-electron chi connectivity index (χ0n) is 15.5. The average Bonchev–Trinajstić information content (AvgIpc) is 2.66. The summed E-state index contributed by atoms with van der Waals surface area (Å²) in [5.74, 6) is 0.147. The van der Waals surface area contributed by atoms with Gasteiger partial charge in [0, 0.05) is 36.9 Å². The molecule has 1 aliphatic rings. The van der Waals surface area contributed by atoms with Crippen molar-refractivity contribution in [1.82, 2.24) is 0 Å². The van der Waals surface area contributed by atoms with E-state index in [0.717, 1.165) is 24.5 Å². The zero-order chi connectivity index (χ0) is 20.3. The first-order chi connectivity index (χ1) is 13.2. The molecule has 3 N–H and O–H groups in total. The quantitative estimate of drug-likeness (QED) is 0.562. The molecule has 1 heterocycles. The van der Waals surface area contributed by atoms with Crippen LogP contribution in [0.3, 0.4) is 0 Å². The Bertz CT molecular complexity index is 960. The molecular weight excluding hydrogens is 382 g/mol. The van der Waals surface area contributed by atoms with Crippen molar-refractivity contribution in [1.29, 1.82) is 0 Å². The smallest absolute Gasteiger partial charge is 0.272 e. The summed E-state index contributed by atoms with van der Waals surface area (Å²) in [6.07, 6.45) is 1.77. The van der Waals surface area contributed by atoms with Crippen molar-refractivity contribution >= 4 is 21.4 Å². The second-order valence-electron chi connectivity index (χ2n) is 7.00. The van der Waals surface area contributed by atoms with Crippen LogP contribution in [0.25, 0.3) is 0 Å². The Balaban J connectivity index is 1.80. The van der Waals surface area contributed by atoms with E-state index in [0.29, 0.717) is 18.8 Å². The molecule has 0 aliphatic carbocycles. The molecule has 1 saturated heterocycles. The number of nitrogens with zero attached hydrogens (tertiary/aromatic N) is 1.